The van der Waals surface area contributed by atoms with E-state index in [2.05, 4.69) is 0 Å². The van der Waals surface area contributed by atoms with E-state index in [0.29, 0.717) is 19.0 Å². The molecule has 5 heteroatoms. The number of hydrogen-bond donors (Lipinski definition) is 0. The van der Waals surface area contributed by atoms with Gasteiger partial charge in [0.2, 0.25) is 0 Å². The molecule has 0 N–H and O–H groups in total. The molecule has 11 heavy (non-hydrogen) atoms. The monoisotopic (exact) mass is 181 g/mol. The van der Waals surface area contributed by atoms with Gasteiger partial charge in [-0.1, -0.05) is 10.8 Å². The summed E-state index contributed by atoms with van der Waals surface area (Å²) in [5.41, 5.74) is 0. The van der Waals surface area contributed by atoms with Crippen LogP contribution in [0.4, 0.5) is 3.89 Å². The largest absolute Gasteiger partial charge is 0.374 e. The van der Waals surface area contributed by atoms with Crippen molar-refractivity contribution in [2.75, 3.05) is 13.1 Å². The lowest BCUT2D eigenvalue weighted by Gasteiger charge is -2.25. The van der Waals surface area contributed by atoms with Crippen LogP contribution in [0.25, 0.3) is 0 Å². The highest BCUT2D eigenvalue weighted by Crippen LogP contribution is 2.18. The van der Waals surface area contributed by atoms with E-state index in [1.807, 2.05) is 6.92 Å². The Morgan fingerprint density at radius 1 is 1.36 bits per heavy atom. The van der Waals surface area contributed by atoms with Gasteiger partial charge in [-0.25, -0.2) is 0 Å². The Morgan fingerprint density at radius 2 is 1.82 bits per heavy atom. The molecule has 0 radical (unpaired) electrons. The SMILES string of the molecule is CC1CCN(S(=O)(=O)F)CC1. The van der Waals surface area contributed by atoms with Gasteiger partial charge in [0.25, 0.3) is 0 Å². The van der Waals surface area contributed by atoms with Gasteiger partial charge in [0.05, 0.1) is 0 Å². The molecular formula is C6H12FNO2S. The van der Waals surface area contributed by atoms with Crippen LogP contribution < -0.4 is 0 Å². The quantitative estimate of drug-likeness (QED) is 0.564. The number of piperidine rings is 1. The van der Waals surface area contributed by atoms with Crippen molar-refractivity contribution < 1.29 is 12.3 Å². The summed E-state index contributed by atoms with van der Waals surface area (Å²) in [4.78, 5) is 0. The van der Waals surface area contributed by atoms with Crippen LogP contribution in [0.3, 0.4) is 0 Å². The number of halogens is 1. The molecule has 66 valence electrons. The number of rotatable bonds is 1. The molecule has 0 spiro atoms. The average molecular weight is 181 g/mol. The predicted molar refractivity (Wildman–Crippen MR) is 40.0 cm³/mol. The molecule has 1 aliphatic heterocycles. The van der Waals surface area contributed by atoms with Gasteiger partial charge in [0.15, 0.2) is 0 Å². The number of nitrogens with zero attached hydrogens (tertiary/aromatic N) is 1. The van der Waals surface area contributed by atoms with E-state index < -0.39 is 10.4 Å². The fourth-order valence-electron chi connectivity index (χ4n) is 1.20. The molecule has 1 heterocycles. The van der Waals surface area contributed by atoms with Crippen LogP contribution in [-0.4, -0.2) is 25.8 Å². The van der Waals surface area contributed by atoms with Crippen LogP contribution in [0.1, 0.15) is 19.8 Å². The summed E-state index contributed by atoms with van der Waals surface area (Å²) < 4.78 is 33.9. The second kappa shape index (κ2) is 3.06. The summed E-state index contributed by atoms with van der Waals surface area (Å²) in [6.45, 7) is 2.71. The first kappa shape index (κ1) is 8.93. The molecule has 0 aliphatic carbocycles. The molecule has 0 bridgehead atoms. The maximum atomic E-state index is 12.3. The lowest BCUT2D eigenvalue weighted by Crippen LogP contribution is -2.35. The van der Waals surface area contributed by atoms with Crippen molar-refractivity contribution in [1.29, 1.82) is 0 Å². The first-order valence-electron chi connectivity index (χ1n) is 3.70. The van der Waals surface area contributed by atoms with Gasteiger partial charge >= 0.3 is 10.4 Å². The molecule has 0 aromatic heterocycles. The Hall–Kier alpha value is -0.160. The van der Waals surface area contributed by atoms with Crippen molar-refractivity contribution in [2.45, 2.75) is 19.8 Å². The fraction of sp³-hybridized carbons (Fsp3) is 1.00. The minimum absolute atomic E-state index is 0.333. The Balaban J connectivity index is 2.53. The van der Waals surface area contributed by atoms with Crippen LogP contribution in [-0.2, 0) is 10.4 Å². The van der Waals surface area contributed by atoms with Crippen LogP contribution >= 0.6 is 0 Å². The van der Waals surface area contributed by atoms with Crippen LogP contribution in [0.15, 0.2) is 0 Å². The van der Waals surface area contributed by atoms with E-state index in [1.165, 1.54) is 0 Å². The van der Waals surface area contributed by atoms with E-state index in [-0.39, 0.29) is 0 Å². The highest BCUT2D eigenvalue weighted by atomic mass is 32.3. The smallest absolute Gasteiger partial charge is 0.177 e. The lowest BCUT2D eigenvalue weighted by molar-refractivity contribution is 0.277. The maximum Gasteiger partial charge on any atom is 0.374 e. The molecule has 0 atom stereocenters. The first-order chi connectivity index (χ1) is 5.00. The molecule has 1 aliphatic rings. The van der Waals surface area contributed by atoms with Crippen LogP contribution in [0, 0.1) is 5.92 Å². The average Bonchev–Trinajstić information content (AvgIpc) is 1.86. The third-order valence-corrected chi connectivity index (χ3v) is 3.03. The van der Waals surface area contributed by atoms with E-state index in [0.717, 1.165) is 17.1 Å². The Kier molecular flexibility index (Phi) is 2.49. The zero-order valence-corrected chi connectivity index (χ0v) is 7.27. The van der Waals surface area contributed by atoms with E-state index in [4.69, 9.17) is 0 Å². The molecule has 1 rings (SSSR count). The third-order valence-electron chi connectivity index (χ3n) is 2.05. The molecular weight excluding hydrogens is 169 g/mol. The topological polar surface area (TPSA) is 37.4 Å². The lowest BCUT2D eigenvalue weighted by atomic mass is 10.0. The van der Waals surface area contributed by atoms with Gasteiger partial charge in [-0.2, -0.15) is 12.7 Å². The van der Waals surface area contributed by atoms with Crippen LogP contribution in [0.5, 0.6) is 0 Å². The van der Waals surface area contributed by atoms with Gasteiger partial charge in [-0.3, -0.25) is 0 Å². The van der Waals surface area contributed by atoms with Crippen molar-refractivity contribution in [1.82, 2.24) is 4.31 Å². The molecule has 0 unspecified atom stereocenters. The minimum Gasteiger partial charge on any atom is -0.177 e. The summed E-state index contributed by atoms with van der Waals surface area (Å²) in [6.07, 6.45) is 1.53. The second-order valence-corrected chi connectivity index (χ2v) is 4.36. The summed E-state index contributed by atoms with van der Waals surface area (Å²) in [7, 11) is -4.42. The van der Waals surface area contributed by atoms with Crippen molar-refractivity contribution in [3.8, 4) is 0 Å². The Morgan fingerprint density at radius 3 is 2.18 bits per heavy atom. The molecule has 0 aromatic rings. The standard InChI is InChI=1S/C6H12FNO2S/c1-6-2-4-8(5-3-6)11(7,9)10/h6H,2-5H2,1H3. The first-order valence-corrected chi connectivity index (χ1v) is 5.04. The fourth-order valence-corrected chi connectivity index (χ4v) is 1.85. The van der Waals surface area contributed by atoms with Gasteiger partial charge in [0, 0.05) is 13.1 Å². The Bertz CT molecular complexity index is 219. The maximum absolute atomic E-state index is 12.3. The van der Waals surface area contributed by atoms with Crippen molar-refractivity contribution in [3.63, 3.8) is 0 Å². The molecule has 0 aromatic carbocycles. The van der Waals surface area contributed by atoms with Gasteiger partial charge in [-0.15, -0.1) is 0 Å². The van der Waals surface area contributed by atoms with Gasteiger partial charge < -0.3 is 0 Å². The Labute approximate surface area is 66.5 Å². The van der Waals surface area contributed by atoms with Crippen molar-refractivity contribution >= 4 is 10.4 Å². The van der Waals surface area contributed by atoms with E-state index in [9.17, 15) is 12.3 Å². The van der Waals surface area contributed by atoms with Gasteiger partial charge in [0.1, 0.15) is 0 Å². The molecule has 1 fully saturated rings. The predicted octanol–water partition coefficient (Wildman–Crippen LogP) is 0.933. The summed E-state index contributed by atoms with van der Waals surface area (Å²) in [5.74, 6) is 0.521. The zero-order chi connectivity index (χ0) is 8.48. The highest BCUT2D eigenvalue weighted by molar-refractivity contribution is 7.83. The van der Waals surface area contributed by atoms with E-state index >= 15 is 0 Å². The summed E-state index contributed by atoms with van der Waals surface area (Å²) in [5, 5.41) is 0. The summed E-state index contributed by atoms with van der Waals surface area (Å²) >= 11 is 0. The molecule has 0 saturated carbocycles. The minimum atomic E-state index is -4.42. The number of hydrogen-bond acceptors (Lipinski definition) is 2. The van der Waals surface area contributed by atoms with Gasteiger partial charge in [-0.05, 0) is 18.8 Å². The summed E-state index contributed by atoms with van der Waals surface area (Å²) in [6, 6.07) is 0. The molecule has 1 saturated heterocycles. The molecule has 0 amide bonds. The zero-order valence-electron chi connectivity index (χ0n) is 6.46. The van der Waals surface area contributed by atoms with E-state index in [1.54, 1.807) is 0 Å². The van der Waals surface area contributed by atoms with Crippen molar-refractivity contribution in [2.24, 2.45) is 5.92 Å². The normalized spacial score (nSPS) is 23.8. The third kappa shape index (κ3) is 2.41. The van der Waals surface area contributed by atoms with Crippen molar-refractivity contribution in [3.05, 3.63) is 0 Å². The second-order valence-electron chi connectivity index (χ2n) is 3.02. The van der Waals surface area contributed by atoms with Crippen LogP contribution in [0.2, 0.25) is 0 Å². The highest BCUT2D eigenvalue weighted by Gasteiger charge is 2.25. The molecule has 3 nitrogen and oxygen atoms in total.